The summed E-state index contributed by atoms with van der Waals surface area (Å²) in [5.41, 5.74) is 2.37. The summed E-state index contributed by atoms with van der Waals surface area (Å²) in [6.07, 6.45) is 0. The number of methoxy groups -OCH3 is 1. The molecule has 0 heterocycles. The van der Waals surface area contributed by atoms with Crippen LogP contribution in [0.3, 0.4) is 0 Å². The molecule has 0 fully saturated rings. The summed E-state index contributed by atoms with van der Waals surface area (Å²) >= 11 is 1.66. The first-order chi connectivity index (χ1) is 15.7. The molecule has 32 heavy (non-hydrogen) atoms. The van der Waals surface area contributed by atoms with Gasteiger partial charge >= 0.3 is 199 Å². The van der Waals surface area contributed by atoms with Gasteiger partial charge in [0, 0.05) is 0 Å². The molecule has 0 amide bonds. The fraction of sp³-hybridized carbons (Fsp3) is 0.214. The molecule has 1 atom stereocenters. The molecular formula is C28H28IO2S-. The van der Waals surface area contributed by atoms with Crippen molar-refractivity contribution in [1.29, 1.82) is 0 Å². The van der Waals surface area contributed by atoms with E-state index < -0.39 is 4.93 Å². The van der Waals surface area contributed by atoms with E-state index in [1.54, 1.807) is 7.11 Å². The average molecular weight is 556 g/mol. The fourth-order valence-electron chi connectivity index (χ4n) is 3.84. The molecule has 0 aliphatic carbocycles. The maximum atomic E-state index is 6.54. The van der Waals surface area contributed by atoms with Crippen LogP contribution in [0.5, 0.6) is 5.75 Å². The molecule has 166 valence electrons. The van der Waals surface area contributed by atoms with Crippen molar-refractivity contribution in [2.45, 2.75) is 18.8 Å². The van der Waals surface area contributed by atoms with E-state index in [0.29, 0.717) is 6.61 Å². The zero-order valence-corrected chi connectivity index (χ0v) is 21.7. The topological polar surface area (TPSA) is 18.5 Å². The van der Waals surface area contributed by atoms with Gasteiger partial charge in [-0.25, -0.2) is 0 Å². The number of halogens is 1. The Labute approximate surface area is 205 Å². The monoisotopic (exact) mass is 555 g/mol. The minimum atomic E-state index is -0.527. The minimum absolute atomic E-state index is 0.181. The van der Waals surface area contributed by atoms with Crippen LogP contribution in [-0.4, -0.2) is 19.5 Å². The number of hydrogen-bond acceptors (Lipinski definition) is 3. The van der Waals surface area contributed by atoms with Crippen LogP contribution in [0.2, 0.25) is 0 Å². The van der Waals surface area contributed by atoms with Crippen molar-refractivity contribution in [2.24, 2.45) is 0 Å². The molecule has 4 aromatic rings. The van der Waals surface area contributed by atoms with Gasteiger partial charge in [-0.3, -0.25) is 0 Å². The Morgan fingerprint density at radius 1 is 0.750 bits per heavy atom. The Hall–Kier alpha value is -2.02. The van der Waals surface area contributed by atoms with E-state index in [2.05, 4.69) is 98.8 Å². The molecule has 0 saturated carbocycles. The van der Waals surface area contributed by atoms with Gasteiger partial charge < -0.3 is 0 Å². The van der Waals surface area contributed by atoms with Gasteiger partial charge in [0.25, 0.3) is 0 Å². The summed E-state index contributed by atoms with van der Waals surface area (Å²) in [5.74, 6) is 1.83. The number of fused-ring (bicyclic) bond motifs is 1. The third kappa shape index (κ3) is 4.98. The van der Waals surface area contributed by atoms with Crippen LogP contribution >= 0.6 is 11.8 Å². The average Bonchev–Trinajstić information content (AvgIpc) is 2.84. The summed E-state index contributed by atoms with van der Waals surface area (Å²) < 4.78 is 14.8. The molecule has 0 saturated heterocycles. The van der Waals surface area contributed by atoms with Crippen LogP contribution in [0.4, 0.5) is 0 Å². The molecule has 0 aliphatic rings. The van der Waals surface area contributed by atoms with Gasteiger partial charge in [0.15, 0.2) is 0 Å². The summed E-state index contributed by atoms with van der Waals surface area (Å²) in [5, 5.41) is 2.36. The molecule has 4 aromatic carbocycles. The van der Waals surface area contributed by atoms with Gasteiger partial charge in [0.1, 0.15) is 0 Å². The van der Waals surface area contributed by atoms with Gasteiger partial charge in [-0.1, -0.05) is 0 Å². The van der Waals surface area contributed by atoms with E-state index in [0.717, 1.165) is 11.5 Å². The quantitative estimate of drug-likeness (QED) is 0.230. The van der Waals surface area contributed by atoms with Crippen LogP contribution in [-0.2, 0) is 9.67 Å². The Morgan fingerprint density at radius 3 is 2.09 bits per heavy atom. The van der Waals surface area contributed by atoms with Crippen LogP contribution in [0, 0.1) is 7.14 Å². The predicted octanol–water partition coefficient (Wildman–Crippen LogP) is 3.97. The molecule has 4 heteroatoms. The molecule has 1 unspecified atom stereocenters. The molecule has 0 bridgehead atoms. The predicted molar refractivity (Wildman–Crippen MR) is 131 cm³/mol. The van der Waals surface area contributed by atoms with Gasteiger partial charge in [0.05, 0.1) is 7.11 Å². The van der Waals surface area contributed by atoms with Gasteiger partial charge in [-0.05, 0) is 0 Å². The number of benzene rings is 4. The molecular weight excluding hydrogens is 527 g/mol. The Kier molecular flexibility index (Phi) is 7.76. The first-order valence-electron chi connectivity index (χ1n) is 10.8. The Bertz CT molecular complexity index is 1150. The van der Waals surface area contributed by atoms with Crippen molar-refractivity contribution in [3.8, 4) is 5.75 Å². The fourth-order valence-corrected chi connectivity index (χ4v) is 7.26. The van der Waals surface area contributed by atoms with E-state index in [4.69, 9.17) is 9.47 Å². The second-order valence-electron chi connectivity index (χ2n) is 7.31. The number of ether oxygens (including phenoxy) is 2. The molecule has 4 rings (SSSR count). The summed E-state index contributed by atoms with van der Waals surface area (Å²) in [6.45, 7) is 4.91. The van der Waals surface area contributed by atoms with E-state index in [9.17, 15) is 0 Å². The van der Waals surface area contributed by atoms with Crippen molar-refractivity contribution in [3.05, 3.63) is 109 Å². The van der Waals surface area contributed by atoms with Crippen LogP contribution in [0.1, 0.15) is 25.0 Å². The van der Waals surface area contributed by atoms with E-state index >= 15 is 0 Å². The van der Waals surface area contributed by atoms with E-state index in [-0.39, 0.29) is 21.2 Å². The van der Waals surface area contributed by atoms with Gasteiger partial charge in [-0.15, -0.1) is 0 Å². The number of rotatable bonds is 9. The Morgan fingerprint density at radius 2 is 1.41 bits per heavy atom. The zero-order valence-electron chi connectivity index (χ0n) is 18.7. The van der Waals surface area contributed by atoms with Crippen molar-refractivity contribution in [3.63, 3.8) is 0 Å². The standard InChI is InChI=1S/C28H28IO2S/c1-4-31-28(32-5-2,24-13-11-22-20-27(30-3)18-12-21(22)19-24)23-14-16-26(17-15-23)29-25-9-7-6-8-10-25/h6-20H,4-5H2,1-3H3/q-1. The van der Waals surface area contributed by atoms with E-state index in [1.165, 1.54) is 29.0 Å². The normalized spacial score (nSPS) is 13.2. The zero-order chi connectivity index (χ0) is 22.4. The van der Waals surface area contributed by atoms with Crippen molar-refractivity contribution >= 4 is 22.5 Å². The Balaban J connectivity index is 1.73. The van der Waals surface area contributed by atoms with Crippen molar-refractivity contribution in [2.75, 3.05) is 19.5 Å². The maximum absolute atomic E-state index is 6.54. The van der Waals surface area contributed by atoms with Crippen LogP contribution in [0.25, 0.3) is 10.8 Å². The molecule has 0 aromatic heterocycles. The van der Waals surface area contributed by atoms with Crippen molar-refractivity contribution in [1.82, 2.24) is 0 Å². The van der Waals surface area contributed by atoms with Gasteiger partial charge in [0.2, 0.25) is 0 Å². The number of thioether (sulfide) groups is 1. The number of hydrogen-bond donors (Lipinski definition) is 0. The second-order valence-corrected chi connectivity index (χ2v) is 11.8. The van der Waals surface area contributed by atoms with Crippen LogP contribution in [0.15, 0.2) is 91.0 Å². The molecule has 0 spiro atoms. The van der Waals surface area contributed by atoms with Crippen LogP contribution < -0.4 is 25.9 Å². The second kappa shape index (κ2) is 10.7. The van der Waals surface area contributed by atoms with Crippen molar-refractivity contribution < 1.29 is 30.7 Å². The summed E-state index contributed by atoms with van der Waals surface area (Å²) in [7, 11) is 1.71. The summed E-state index contributed by atoms with van der Waals surface area (Å²) in [4.78, 5) is -0.527. The molecule has 0 N–H and O–H groups in total. The molecule has 0 radical (unpaired) electrons. The third-order valence-electron chi connectivity index (χ3n) is 5.30. The third-order valence-corrected chi connectivity index (χ3v) is 9.27. The van der Waals surface area contributed by atoms with E-state index in [1.807, 2.05) is 17.8 Å². The van der Waals surface area contributed by atoms with Gasteiger partial charge in [-0.2, -0.15) is 0 Å². The SMILES string of the molecule is CCOC(SCC)(c1ccc([I-]c2ccccc2)cc1)c1ccc2cc(OC)ccc2c1. The molecule has 2 nitrogen and oxygen atoms in total. The first kappa shape index (κ1) is 23.1. The summed E-state index contributed by atoms with van der Waals surface area (Å²) in [6, 6.07) is 32.7. The molecule has 0 aliphatic heterocycles. The first-order valence-corrected chi connectivity index (χ1v) is 14.0.